The molecule has 23 heavy (non-hydrogen) atoms. The van der Waals surface area contributed by atoms with Crippen molar-refractivity contribution in [2.45, 2.75) is 46.1 Å². The Morgan fingerprint density at radius 1 is 1.22 bits per heavy atom. The first-order valence-corrected chi connectivity index (χ1v) is 9.42. The molecule has 5 nitrogen and oxygen atoms in total. The third-order valence-electron chi connectivity index (χ3n) is 3.89. The molecule has 1 fully saturated rings. The quantitative estimate of drug-likeness (QED) is 0.594. The zero-order valence-electron chi connectivity index (χ0n) is 14.2. The first kappa shape index (κ1) is 17.8. The molecular weight excluding hydrogens is 308 g/mol. The monoisotopic (exact) mass is 336 g/mol. The van der Waals surface area contributed by atoms with E-state index in [1.165, 1.54) is 9.75 Å². The second-order valence-corrected chi connectivity index (χ2v) is 6.93. The molecule has 0 aromatic carbocycles. The average molecular weight is 337 g/mol. The molecule has 2 rings (SSSR count). The van der Waals surface area contributed by atoms with Crippen LogP contribution in [0.4, 0.5) is 0 Å². The van der Waals surface area contributed by atoms with Gasteiger partial charge in [-0.15, -0.1) is 11.3 Å². The van der Waals surface area contributed by atoms with Crippen molar-refractivity contribution < 1.29 is 4.79 Å². The van der Waals surface area contributed by atoms with Crippen LogP contribution in [0.3, 0.4) is 0 Å². The Labute approximate surface area is 143 Å². The Morgan fingerprint density at radius 2 is 1.96 bits per heavy atom. The van der Waals surface area contributed by atoms with Gasteiger partial charge in [0.15, 0.2) is 5.96 Å². The Hall–Kier alpha value is -1.56. The minimum absolute atomic E-state index is 0.247. The molecule has 2 N–H and O–H groups in total. The van der Waals surface area contributed by atoms with Crippen LogP contribution in [0.1, 0.15) is 42.9 Å². The predicted octanol–water partition coefficient (Wildman–Crippen LogP) is 2.38. The Morgan fingerprint density at radius 3 is 2.61 bits per heavy atom. The highest BCUT2D eigenvalue weighted by Gasteiger charge is 2.17. The smallest absolute Gasteiger partial charge is 0.224 e. The minimum Gasteiger partial charge on any atom is -0.357 e. The van der Waals surface area contributed by atoms with Gasteiger partial charge in [0, 0.05) is 42.4 Å². The molecule has 128 valence electrons. The highest BCUT2D eigenvalue weighted by molar-refractivity contribution is 7.11. The van der Waals surface area contributed by atoms with E-state index in [0.717, 1.165) is 44.9 Å². The fourth-order valence-electron chi connectivity index (χ4n) is 2.61. The minimum atomic E-state index is 0.247. The van der Waals surface area contributed by atoms with Gasteiger partial charge in [0.05, 0.1) is 6.54 Å². The summed E-state index contributed by atoms with van der Waals surface area (Å²) in [5, 5.41) is 6.50. The third-order valence-corrected chi connectivity index (χ3v) is 5.11. The van der Waals surface area contributed by atoms with Crippen molar-refractivity contribution in [1.82, 2.24) is 15.5 Å². The van der Waals surface area contributed by atoms with E-state index in [-0.39, 0.29) is 5.91 Å². The molecule has 1 aliphatic rings. The first-order valence-electron chi connectivity index (χ1n) is 8.60. The zero-order chi connectivity index (χ0) is 16.5. The molecule has 1 aromatic heterocycles. The maximum absolute atomic E-state index is 12.0. The summed E-state index contributed by atoms with van der Waals surface area (Å²) in [6.07, 6.45) is 3.89. The van der Waals surface area contributed by atoms with Gasteiger partial charge in [-0.05, 0) is 38.3 Å². The summed E-state index contributed by atoms with van der Waals surface area (Å²) in [7, 11) is 0. The number of nitrogens with one attached hydrogen (secondary N) is 2. The largest absolute Gasteiger partial charge is 0.357 e. The van der Waals surface area contributed by atoms with Crippen molar-refractivity contribution in [3.05, 3.63) is 21.9 Å². The fourth-order valence-corrected chi connectivity index (χ4v) is 3.49. The van der Waals surface area contributed by atoms with E-state index < -0.39 is 0 Å². The molecule has 0 radical (unpaired) electrons. The zero-order valence-corrected chi connectivity index (χ0v) is 15.0. The lowest BCUT2D eigenvalue weighted by molar-refractivity contribution is -0.129. The van der Waals surface area contributed by atoms with Gasteiger partial charge in [-0.3, -0.25) is 4.79 Å². The lowest BCUT2D eigenvalue weighted by Crippen LogP contribution is -2.39. The van der Waals surface area contributed by atoms with Crippen molar-refractivity contribution in [1.29, 1.82) is 0 Å². The summed E-state index contributed by atoms with van der Waals surface area (Å²) in [5.41, 5.74) is 0. The van der Waals surface area contributed by atoms with Gasteiger partial charge in [-0.1, -0.05) is 6.92 Å². The van der Waals surface area contributed by atoms with Crippen LogP contribution in [-0.2, 0) is 17.8 Å². The third kappa shape index (κ3) is 5.86. The van der Waals surface area contributed by atoms with Crippen molar-refractivity contribution >= 4 is 23.2 Å². The summed E-state index contributed by atoms with van der Waals surface area (Å²) in [6.45, 7) is 8.19. The normalized spacial score (nSPS) is 15.0. The summed E-state index contributed by atoms with van der Waals surface area (Å²) in [4.78, 5) is 21.3. The summed E-state index contributed by atoms with van der Waals surface area (Å²) in [6, 6.07) is 4.32. The van der Waals surface area contributed by atoms with E-state index in [0.29, 0.717) is 19.5 Å². The summed E-state index contributed by atoms with van der Waals surface area (Å²) >= 11 is 1.82. The van der Waals surface area contributed by atoms with Gasteiger partial charge in [-0.2, -0.15) is 0 Å². The van der Waals surface area contributed by atoms with Crippen LogP contribution in [-0.4, -0.2) is 42.9 Å². The number of carbonyl (C=O) groups is 1. The van der Waals surface area contributed by atoms with Gasteiger partial charge in [-0.25, -0.2) is 4.99 Å². The lowest BCUT2D eigenvalue weighted by Gasteiger charge is -2.16. The SMILES string of the molecule is CCNC(=NCc1ccc(CC)s1)NCCC(=O)N1CCCC1. The molecule has 0 saturated carbocycles. The van der Waals surface area contributed by atoms with Gasteiger partial charge in [0.25, 0.3) is 0 Å². The molecule has 0 unspecified atom stereocenters. The van der Waals surface area contributed by atoms with E-state index in [2.05, 4.69) is 34.7 Å². The molecule has 1 amide bonds. The fraction of sp³-hybridized carbons (Fsp3) is 0.647. The standard InChI is InChI=1S/C17H28N4OS/c1-3-14-7-8-15(23-14)13-20-17(18-4-2)19-10-9-16(22)21-11-5-6-12-21/h7-8H,3-6,9-13H2,1-2H3,(H2,18,19,20). The van der Waals surface area contributed by atoms with Crippen molar-refractivity contribution in [3.63, 3.8) is 0 Å². The number of rotatable bonds is 7. The number of hydrogen-bond acceptors (Lipinski definition) is 3. The Balaban J connectivity index is 1.77. The second kappa shape index (κ2) is 9.55. The number of hydrogen-bond donors (Lipinski definition) is 2. The molecule has 0 atom stereocenters. The van der Waals surface area contributed by atoms with E-state index in [9.17, 15) is 4.79 Å². The van der Waals surface area contributed by atoms with Crippen LogP contribution in [0, 0.1) is 0 Å². The van der Waals surface area contributed by atoms with E-state index in [1.54, 1.807) is 0 Å². The number of carbonyl (C=O) groups excluding carboxylic acids is 1. The maximum Gasteiger partial charge on any atom is 0.224 e. The maximum atomic E-state index is 12.0. The molecule has 6 heteroatoms. The Kier molecular flexibility index (Phi) is 7.39. The van der Waals surface area contributed by atoms with Crippen LogP contribution < -0.4 is 10.6 Å². The number of thiophene rings is 1. The van der Waals surface area contributed by atoms with Crippen molar-refractivity contribution in [2.75, 3.05) is 26.2 Å². The van der Waals surface area contributed by atoms with Gasteiger partial charge < -0.3 is 15.5 Å². The highest BCUT2D eigenvalue weighted by Crippen LogP contribution is 2.17. The molecule has 0 bridgehead atoms. The second-order valence-electron chi connectivity index (χ2n) is 5.68. The van der Waals surface area contributed by atoms with Crippen LogP contribution in [0.2, 0.25) is 0 Å². The number of nitrogens with zero attached hydrogens (tertiary/aromatic N) is 2. The Bertz CT molecular complexity index is 520. The van der Waals surface area contributed by atoms with Crippen LogP contribution >= 0.6 is 11.3 Å². The molecular formula is C17H28N4OS. The lowest BCUT2D eigenvalue weighted by atomic mass is 10.3. The van der Waals surface area contributed by atoms with Crippen LogP contribution in [0.5, 0.6) is 0 Å². The predicted molar refractivity (Wildman–Crippen MR) is 96.9 cm³/mol. The summed E-state index contributed by atoms with van der Waals surface area (Å²) < 4.78 is 0. The van der Waals surface area contributed by atoms with Gasteiger partial charge in [0.1, 0.15) is 0 Å². The number of aryl methyl sites for hydroxylation is 1. The van der Waals surface area contributed by atoms with Crippen LogP contribution in [0.15, 0.2) is 17.1 Å². The topological polar surface area (TPSA) is 56.7 Å². The van der Waals surface area contributed by atoms with E-state index >= 15 is 0 Å². The molecule has 0 spiro atoms. The van der Waals surface area contributed by atoms with Gasteiger partial charge >= 0.3 is 0 Å². The van der Waals surface area contributed by atoms with E-state index in [4.69, 9.17) is 0 Å². The van der Waals surface area contributed by atoms with Crippen LogP contribution in [0.25, 0.3) is 0 Å². The molecule has 2 heterocycles. The summed E-state index contributed by atoms with van der Waals surface area (Å²) in [5.74, 6) is 1.03. The molecule has 0 aliphatic carbocycles. The number of aliphatic imine (C=N–C) groups is 1. The van der Waals surface area contributed by atoms with Crippen molar-refractivity contribution in [3.8, 4) is 0 Å². The number of guanidine groups is 1. The van der Waals surface area contributed by atoms with Gasteiger partial charge in [0.2, 0.25) is 5.91 Å². The number of likely N-dealkylation sites (tertiary alicyclic amines) is 1. The van der Waals surface area contributed by atoms with Crippen molar-refractivity contribution in [2.24, 2.45) is 4.99 Å². The highest BCUT2D eigenvalue weighted by atomic mass is 32.1. The molecule has 1 saturated heterocycles. The average Bonchev–Trinajstić information content (AvgIpc) is 3.23. The molecule has 1 aromatic rings. The number of amides is 1. The molecule has 1 aliphatic heterocycles. The van der Waals surface area contributed by atoms with E-state index in [1.807, 2.05) is 23.2 Å². The first-order chi connectivity index (χ1) is 11.2.